The van der Waals surface area contributed by atoms with Crippen molar-refractivity contribution >= 4 is 29.1 Å². The monoisotopic (exact) mass is 314 g/mol. The fourth-order valence-electron chi connectivity index (χ4n) is 2.40. The highest BCUT2D eigenvalue weighted by molar-refractivity contribution is 6.28. The van der Waals surface area contributed by atoms with Crippen LogP contribution >= 0.6 is 11.6 Å². The van der Waals surface area contributed by atoms with E-state index in [9.17, 15) is 20.0 Å². The van der Waals surface area contributed by atoms with Gasteiger partial charge in [0.15, 0.2) is 0 Å². The van der Waals surface area contributed by atoms with Gasteiger partial charge in [-0.25, -0.2) is 4.98 Å². The summed E-state index contributed by atoms with van der Waals surface area (Å²) in [6.45, 7) is 1.72. The Bertz CT molecular complexity index is 572. The lowest BCUT2D eigenvalue weighted by atomic mass is 9.74. The molecule has 2 rings (SSSR count). The molecule has 1 aliphatic rings. The first kappa shape index (κ1) is 15.4. The Morgan fingerprint density at radius 3 is 2.71 bits per heavy atom. The predicted octanol–water partition coefficient (Wildman–Crippen LogP) is 2.48. The second kappa shape index (κ2) is 5.80. The number of hydrogen-bond acceptors (Lipinski definition) is 6. The number of rotatable bonds is 4. The first-order valence-electron chi connectivity index (χ1n) is 6.49. The summed E-state index contributed by atoms with van der Waals surface area (Å²) in [6.07, 6.45) is 3.27. The third-order valence-corrected chi connectivity index (χ3v) is 4.07. The van der Waals surface area contributed by atoms with E-state index >= 15 is 0 Å². The molecule has 1 aliphatic carbocycles. The molecule has 2 N–H and O–H groups in total. The first-order valence-corrected chi connectivity index (χ1v) is 6.86. The highest BCUT2D eigenvalue weighted by Gasteiger charge is 2.38. The third kappa shape index (κ3) is 3.38. The van der Waals surface area contributed by atoms with Gasteiger partial charge in [0.1, 0.15) is 6.20 Å². The SMILES string of the molecule is C[C@]1(C(=O)O)CC[C@@H](Nc2nc(Cl)ncc2[N+](=O)[O-])CC1. The lowest BCUT2D eigenvalue weighted by Crippen LogP contribution is -2.37. The van der Waals surface area contributed by atoms with Gasteiger partial charge in [0.25, 0.3) is 0 Å². The number of nitrogens with one attached hydrogen (secondary N) is 1. The number of carboxylic acid groups (broad SMARTS) is 1. The molecule has 0 unspecified atom stereocenters. The maximum absolute atomic E-state index is 11.2. The average molecular weight is 315 g/mol. The van der Waals surface area contributed by atoms with Crippen LogP contribution in [0.4, 0.5) is 11.5 Å². The van der Waals surface area contributed by atoms with Crippen molar-refractivity contribution in [2.75, 3.05) is 5.32 Å². The van der Waals surface area contributed by atoms with Gasteiger partial charge in [-0.1, -0.05) is 0 Å². The van der Waals surface area contributed by atoms with E-state index in [1.165, 1.54) is 0 Å². The van der Waals surface area contributed by atoms with E-state index in [2.05, 4.69) is 15.3 Å². The predicted molar refractivity (Wildman–Crippen MR) is 75.3 cm³/mol. The molecule has 0 amide bonds. The Hall–Kier alpha value is -1.96. The number of aliphatic carboxylic acids is 1. The molecule has 0 aliphatic heterocycles. The van der Waals surface area contributed by atoms with Crippen LogP contribution < -0.4 is 5.32 Å². The van der Waals surface area contributed by atoms with Crippen molar-refractivity contribution in [2.45, 2.75) is 38.6 Å². The zero-order chi connectivity index (χ0) is 15.6. The van der Waals surface area contributed by atoms with Crippen molar-refractivity contribution in [3.05, 3.63) is 21.6 Å². The standard InChI is InChI=1S/C12H15ClN4O4/c1-12(10(18)19)4-2-7(3-5-12)15-9-8(17(20)21)6-14-11(13)16-9/h6-7H,2-5H2,1H3,(H,18,19)(H,14,15,16)/t7-,12+. The van der Waals surface area contributed by atoms with Gasteiger partial charge in [-0.2, -0.15) is 4.98 Å². The van der Waals surface area contributed by atoms with Gasteiger partial charge < -0.3 is 10.4 Å². The van der Waals surface area contributed by atoms with E-state index in [4.69, 9.17) is 11.6 Å². The van der Waals surface area contributed by atoms with E-state index in [1.54, 1.807) is 6.92 Å². The number of halogens is 1. The van der Waals surface area contributed by atoms with Crippen LogP contribution in [-0.4, -0.2) is 32.0 Å². The van der Waals surface area contributed by atoms with Crippen molar-refractivity contribution in [3.8, 4) is 0 Å². The second-order valence-corrected chi connectivity index (χ2v) is 5.75. The lowest BCUT2D eigenvalue weighted by molar-refractivity contribution is -0.384. The number of carbonyl (C=O) groups is 1. The van der Waals surface area contributed by atoms with Crippen LogP contribution in [0.1, 0.15) is 32.6 Å². The Kier molecular flexibility index (Phi) is 4.26. The second-order valence-electron chi connectivity index (χ2n) is 5.41. The summed E-state index contributed by atoms with van der Waals surface area (Å²) >= 11 is 5.66. The summed E-state index contributed by atoms with van der Waals surface area (Å²) in [5.74, 6) is -0.735. The van der Waals surface area contributed by atoms with Gasteiger partial charge in [0, 0.05) is 6.04 Å². The Labute approximate surface area is 125 Å². The van der Waals surface area contributed by atoms with Crippen molar-refractivity contribution < 1.29 is 14.8 Å². The summed E-state index contributed by atoms with van der Waals surface area (Å²) in [6, 6.07) is -0.0675. The molecule has 0 aromatic carbocycles. The molecule has 1 fully saturated rings. The Balaban J connectivity index is 2.09. The maximum atomic E-state index is 11.2. The van der Waals surface area contributed by atoms with Crippen molar-refractivity contribution in [1.29, 1.82) is 0 Å². The number of carboxylic acids is 1. The average Bonchev–Trinajstić information content (AvgIpc) is 2.41. The number of aromatic nitrogens is 2. The summed E-state index contributed by atoms with van der Waals surface area (Å²) in [5, 5.41) is 23.0. The van der Waals surface area contributed by atoms with Crippen LogP contribution in [0, 0.1) is 15.5 Å². The van der Waals surface area contributed by atoms with Gasteiger partial charge in [0.05, 0.1) is 10.3 Å². The quantitative estimate of drug-likeness (QED) is 0.498. The Morgan fingerprint density at radius 1 is 1.57 bits per heavy atom. The van der Waals surface area contributed by atoms with Crippen LogP contribution in [0.5, 0.6) is 0 Å². The minimum Gasteiger partial charge on any atom is -0.481 e. The van der Waals surface area contributed by atoms with E-state index in [0.717, 1.165) is 6.20 Å². The van der Waals surface area contributed by atoms with E-state index in [0.29, 0.717) is 25.7 Å². The number of nitrogens with zero attached hydrogens (tertiary/aromatic N) is 3. The number of anilines is 1. The molecular weight excluding hydrogens is 300 g/mol. The van der Waals surface area contributed by atoms with E-state index in [-0.39, 0.29) is 22.8 Å². The van der Waals surface area contributed by atoms with Crippen LogP contribution in [0.25, 0.3) is 0 Å². The zero-order valence-electron chi connectivity index (χ0n) is 11.4. The molecule has 1 aromatic heterocycles. The highest BCUT2D eigenvalue weighted by Crippen LogP contribution is 2.37. The lowest BCUT2D eigenvalue weighted by Gasteiger charge is -2.34. The van der Waals surface area contributed by atoms with Crippen LogP contribution in [-0.2, 0) is 4.79 Å². The molecule has 0 spiro atoms. The third-order valence-electron chi connectivity index (χ3n) is 3.88. The van der Waals surface area contributed by atoms with Gasteiger partial charge in [0.2, 0.25) is 11.1 Å². The first-order chi connectivity index (χ1) is 9.82. The fraction of sp³-hybridized carbons (Fsp3) is 0.583. The summed E-state index contributed by atoms with van der Waals surface area (Å²) in [7, 11) is 0. The smallest absolute Gasteiger partial charge is 0.329 e. The van der Waals surface area contributed by atoms with Crippen LogP contribution in [0.2, 0.25) is 5.28 Å². The molecule has 0 saturated heterocycles. The topological polar surface area (TPSA) is 118 Å². The van der Waals surface area contributed by atoms with Gasteiger partial charge in [-0.15, -0.1) is 0 Å². The molecule has 0 bridgehead atoms. The molecule has 0 radical (unpaired) electrons. The molecule has 114 valence electrons. The summed E-state index contributed by atoms with van der Waals surface area (Å²) in [4.78, 5) is 29.0. The minimum atomic E-state index is -0.808. The van der Waals surface area contributed by atoms with Gasteiger partial charge >= 0.3 is 11.7 Å². The number of hydrogen-bond donors (Lipinski definition) is 2. The van der Waals surface area contributed by atoms with Crippen molar-refractivity contribution in [1.82, 2.24) is 9.97 Å². The van der Waals surface area contributed by atoms with Crippen LogP contribution in [0.15, 0.2) is 6.20 Å². The highest BCUT2D eigenvalue weighted by atomic mass is 35.5. The normalized spacial score (nSPS) is 25.3. The summed E-state index contributed by atoms with van der Waals surface area (Å²) in [5.41, 5.74) is -0.973. The molecule has 0 atom stereocenters. The van der Waals surface area contributed by atoms with Gasteiger partial charge in [-0.3, -0.25) is 14.9 Å². The molecule has 21 heavy (non-hydrogen) atoms. The van der Waals surface area contributed by atoms with Crippen molar-refractivity contribution in [3.63, 3.8) is 0 Å². The minimum absolute atomic E-state index is 0.0675. The zero-order valence-corrected chi connectivity index (χ0v) is 12.1. The van der Waals surface area contributed by atoms with Gasteiger partial charge in [-0.05, 0) is 44.2 Å². The largest absolute Gasteiger partial charge is 0.481 e. The summed E-state index contributed by atoms with van der Waals surface area (Å²) < 4.78 is 0. The van der Waals surface area contributed by atoms with Crippen LogP contribution in [0.3, 0.4) is 0 Å². The molecule has 8 nitrogen and oxygen atoms in total. The molecule has 1 saturated carbocycles. The maximum Gasteiger partial charge on any atom is 0.329 e. The van der Waals surface area contributed by atoms with E-state index < -0.39 is 16.3 Å². The molecule has 1 heterocycles. The Morgan fingerprint density at radius 2 is 2.19 bits per heavy atom. The molecule has 9 heteroatoms. The van der Waals surface area contributed by atoms with E-state index in [1.807, 2.05) is 0 Å². The van der Waals surface area contributed by atoms with Crippen molar-refractivity contribution in [2.24, 2.45) is 5.41 Å². The fourth-order valence-corrected chi connectivity index (χ4v) is 2.53. The molecular formula is C12H15ClN4O4. The molecule has 1 aromatic rings. The number of nitro groups is 1.